The van der Waals surface area contributed by atoms with Crippen molar-refractivity contribution >= 4 is 27.1 Å². The molecule has 0 amide bonds. The van der Waals surface area contributed by atoms with Gasteiger partial charge in [-0.25, -0.2) is 8.42 Å². The first-order valence-corrected chi connectivity index (χ1v) is 9.77. The summed E-state index contributed by atoms with van der Waals surface area (Å²) in [7, 11) is -3.42. The summed E-state index contributed by atoms with van der Waals surface area (Å²) in [6.45, 7) is 1.76. The zero-order valence-corrected chi connectivity index (χ0v) is 15.0. The highest BCUT2D eigenvalue weighted by Gasteiger charge is 2.32. The molecule has 0 aliphatic heterocycles. The number of halogens is 1. The zero-order chi connectivity index (χ0) is 17.5. The molecule has 24 heavy (non-hydrogen) atoms. The van der Waals surface area contributed by atoms with Gasteiger partial charge in [0.05, 0.1) is 16.8 Å². The molecule has 4 nitrogen and oxygen atoms in total. The maximum absolute atomic E-state index is 12.9. The predicted molar refractivity (Wildman–Crippen MR) is 96.0 cm³/mol. The lowest BCUT2D eigenvalue weighted by Gasteiger charge is -2.27. The second-order valence-corrected chi connectivity index (χ2v) is 8.91. The average molecular weight is 366 g/mol. The van der Waals surface area contributed by atoms with Crippen molar-refractivity contribution in [2.45, 2.75) is 42.9 Å². The van der Waals surface area contributed by atoms with Crippen molar-refractivity contribution in [1.29, 1.82) is 0 Å². The Kier molecular flexibility index (Phi) is 4.60. The third-order valence-electron chi connectivity index (χ3n) is 4.80. The van der Waals surface area contributed by atoms with E-state index in [1.807, 2.05) is 13.0 Å². The van der Waals surface area contributed by atoms with Crippen LogP contribution >= 0.6 is 11.6 Å². The quantitative estimate of drug-likeness (QED) is 0.819. The van der Waals surface area contributed by atoms with E-state index < -0.39 is 15.1 Å². The number of rotatable bonds is 3. The molecule has 2 aromatic rings. The van der Waals surface area contributed by atoms with Gasteiger partial charge in [-0.3, -0.25) is 0 Å². The van der Waals surface area contributed by atoms with Crippen molar-refractivity contribution in [3.63, 3.8) is 0 Å². The molecule has 0 saturated carbocycles. The normalized spacial score (nSPS) is 17.5. The first-order chi connectivity index (χ1) is 11.3. The number of aliphatic hydroxyl groups excluding tert-OH is 1. The number of aliphatic hydroxyl groups is 1. The highest BCUT2D eigenvalue weighted by Crippen LogP contribution is 2.35. The van der Waals surface area contributed by atoms with E-state index in [2.05, 4.69) is 0 Å². The van der Waals surface area contributed by atoms with E-state index in [1.165, 1.54) is 0 Å². The second kappa shape index (κ2) is 6.39. The van der Waals surface area contributed by atoms with E-state index in [0.717, 1.165) is 22.3 Å². The van der Waals surface area contributed by atoms with Gasteiger partial charge in [0.15, 0.2) is 9.84 Å². The number of aryl methyl sites for hydroxylation is 1. The van der Waals surface area contributed by atoms with Gasteiger partial charge in [-0.1, -0.05) is 17.7 Å². The van der Waals surface area contributed by atoms with Gasteiger partial charge in [0.2, 0.25) is 0 Å². The SMILES string of the molecule is Cc1cc2c(c(CO)c1N)CCC(S(=O)(=O)c1ccc(Cl)cc1)C2. The molecule has 1 aliphatic carbocycles. The molecule has 1 atom stereocenters. The minimum absolute atomic E-state index is 0.121. The third-order valence-corrected chi connectivity index (χ3v) is 7.26. The van der Waals surface area contributed by atoms with E-state index in [1.54, 1.807) is 24.3 Å². The lowest BCUT2D eigenvalue weighted by molar-refractivity contribution is 0.280. The minimum atomic E-state index is -3.42. The fraction of sp³-hybridized carbons (Fsp3) is 0.333. The summed E-state index contributed by atoms with van der Waals surface area (Å²) in [5, 5.41) is 9.66. The maximum Gasteiger partial charge on any atom is 0.181 e. The highest BCUT2D eigenvalue weighted by molar-refractivity contribution is 7.92. The molecule has 0 radical (unpaired) electrons. The molecule has 0 saturated heterocycles. The monoisotopic (exact) mass is 365 g/mol. The summed E-state index contributed by atoms with van der Waals surface area (Å²) in [5.41, 5.74) is 10.3. The van der Waals surface area contributed by atoms with Crippen LogP contribution in [-0.4, -0.2) is 18.8 Å². The molecule has 0 spiro atoms. The molecule has 0 bridgehead atoms. The molecule has 1 aliphatic rings. The molecular formula is C18H20ClNO3S. The van der Waals surface area contributed by atoms with Gasteiger partial charge >= 0.3 is 0 Å². The number of nitrogens with two attached hydrogens (primary N) is 1. The first kappa shape index (κ1) is 17.3. The van der Waals surface area contributed by atoms with Crippen LogP contribution in [0.4, 0.5) is 5.69 Å². The zero-order valence-electron chi connectivity index (χ0n) is 13.4. The van der Waals surface area contributed by atoms with Crippen molar-refractivity contribution in [3.8, 4) is 0 Å². The van der Waals surface area contributed by atoms with Crippen molar-refractivity contribution in [2.24, 2.45) is 0 Å². The number of fused-ring (bicyclic) bond motifs is 1. The largest absolute Gasteiger partial charge is 0.398 e. The lowest BCUT2D eigenvalue weighted by Crippen LogP contribution is -2.29. The summed E-state index contributed by atoms with van der Waals surface area (Å²) >= 11 is 5.85. The number of benzene rings is 2. The molecule has 0 aromatic heterocycles. The Balaban J connectivity index is 1.98. The van der Waals surface area contributed by atoms with Crippen molar-refractivity contribution < 1.29 is 13.5 Å². The van der Waals surface area contributed by atoms with Crippen molar-refractivity contribution in [3.05, 3.63) is 57.6 Å². The molecule has 3 N–H and O–H groups in total. The van der Waals surface area contributed by atoms with E-state index in [9.17, 15) is 13.5 Å². The van der Waals surface area contributed by atoms with Crippen molar-refractivity contribution in [1.82, 2.24) is 0 Å². The van der Waals surface area contributed by atoms with Crippen LogP contribution in [0, 0.1) is 6.92 Å². The van der Waals surface area contributed by atoms with Crippen LogP contribution in [0.5, 0.6) is 0 Å². The van der Waals surface area contributed by atoms with Crippen LogP contribution in [0.15, 0.2) is 35.2 Å². The molecule has 6 heteroatoms. The van der Waals surface area contributed by atoms with E-state index in [0.29, 0.717) is 34.9 Å². The third kappa shape index (κ3) is 2.92. The van der Waals surface area contributed by atoms with Crippen LogP contribution in [0.3, 0.4) is 0 Å². The van der Waals surface area contributed by atoms with Gasteiger partial charge in [-0.05, 0) is 67.1 Å². The van der Waals surface area contributed by atoms with Crippen LogP contribution < -0.4 is 5.73 Å². The van der Waals surface area contributed by atoms with Crippen LogP contribution in [-0.2, 0) is 29.3 Å². The number of sulfone groups is 1. The number of hydrogen-bond donors (Lipinski definition) is 2. The minimum Gasteiger partial charge on any atom is -0.398 e. The number of anilines is 1. The fourth-order valence-corrected chi connectivity index (χ4v) is 5.28. The van der Waals surface area contributed by atoms with E-state index in [-0.39, 0.29) is 6.61 Å². The fourth-order valence-electron chi connectivity index (χ4n) is 3.43. The molecule has 3 rings (SSSR count). The average Bonchev–Trinajstić information content (AvgIpc) is 2.56. The highest BCUT2D eigenvalue weighted by atomic mass is 35.5. The van der Waals surface area contributed by atoms with Gasteiger partial charge in [-0.15, -0.1) is 0 Å². The molecule has 1 unspecified atom stereocenters. The second-order valence-electron chi connectivity index (χ2n) is 6.25. The Morgan fingerprint density at radius 3 is 2.58 bits per heavy atom. The summed E-state index contributed by atoms with van der Waals surface area (Å²) in [6.07, 6.45) is 1.56. The number of nitrogen functional groups attached to an aromatic ring is 1. The molecule has 2 aromatic carbocycles. The summed E-state index contributed by atoms with van der Waals surface area (Å²) in [6, 6.07) is 8.26. The van der Waals surface area contributed by atoms with Gasteiger partial charge in [0.25, 0.3) is 0 Å². The van der Waals surface area contributed by atoms with Gasteiger partial charge < -0.3 is 10.8 Å². The summed E-state index contributed by atoms with van der Waals surface area (Å²) in [5.74, 6) is 0. The van der Waals surface area contributed by atoms with Crippen LogP contribution in [0.1, 0.15) is 28.7 Å². The predicted octanol–water partition coefficient (Wildman–Crippen LogP) is 3.05. The van der Waals surface area contributed by atoms with Crippen molar-refractivity contribution in [2.75, 3.05) is 5.73 Å². The molecule has 0 fully saturated rings. The Labute approximate surface area is 147 Å². The Bertz CT molecular complexity index is 876. The maximum atomic E-state index is 12.9. The van der Waals surface area contributed by atoms with E-state index >= 15 is 0 Å². The van der Waals surface area contributed by atoms with Gasteiger partial charge in [-0.2, -0.15) is 0 Å². The van der Waals surface area contributed by atoms with Crippen LogP contribution in [0.2, 0.25) is 5.02 Å². The molecule has 128 valence electrons. The summed E-state index contributed by atoms with van der Waals surface area (Å²) in [4.78, 5) is 0.301. The lowest BCUT2D eigenvalue weighted by atomic mass is 9.85. The first-order valence-electron chi connectivity index (χ1n) is 7.84. The number of hydrogen-bond acceptors (Lipinski definition) is 4. The Morgan fingerprint density at radius 1 is 1.29 bits per heavy atom. The Hall–Kier alpha value is -1.56. The van der Waals surface area contributed by atoms with Crippen LogP contribution in [0.25, 0.3) is 0 Å². The van der Waals surface area contributed by atoms with E-state index in [4.69, 9.17) is 17.3 Å². The van der Waals surface area contributed by atoms with Gasteiger partial charge in [0, 0.05) is 16.3 Å². The Morgan fingerprint density at radius 2 is 1.96 bits per heavy atom. The molecule has 0 heterocycles. The molecular weight excluding hydrogens is 346 g/mol. The summed E-state index contributed by atoms with van der Waals surface area (Å²) < 4.78 is 25.8. The smallest absolute Gasteiger partial charge is 0.181 e. The topological polar surface area (TPSA) is 80.4 Å². The standard InChI is InChI=1S/C18H20ClNO3S/c1-11-8-12-9-15(6-7-16(12)17(10-21)18(11)20)24(22,23)14-4-2-13(19)3-5-14/h2-5,8,15,21H,6-7,9-10,20H2,1H3. The van der Waals surface area contributed by atoms with Gasteiger partial charge in [0.1, 0.15) is 0 Å².